The van der Waals surface area contributed by atoms with Crippen molar-refractivity contribution in [2.24, 2.45) is 0 Å². The van der Waals surface area contributed by atoms with Gasteiger partial charge < -0.3 is 15.4 Å². The smallest absolute Gasteiger partial charge is 0.220 e. The van der Waals surface area contributed by atoms with Crippen LogP contribution in [0.2, 0.25) is 0 Å². The van der Waals surface area contributed by atoms with Crippen LogP contribution in [-0.2, 0) is 9.53 Å². The molecular weight excluding hydrogens is 376 g/mol. The summed E-state index contributed by atoms with van der Waals surface area (Å²) in [4.78, 5) is 12.8. The monoisotopic (exact) mass is 396 g/mol. The maximum absolute atomic E-state index is 11.6. The maximum Gasteiger partial charge on any atom is 0.220 e. The predicted octanol–water partition coefficient (Wildman–Crippen LogP) is 2.71. The molecule has 0 unspecified atom stereocenters. The Kier molecular flexibility index (Phi) is 13.2. The van der Waals surface area contributed by atoms with Crippen molar-refractivity contribution in [1.29, 1.82) is 0 Å². The molecule has 0 aromatic heterocycles. The summed E-state index contributed by atoms with van der Waals surface area (Å²) < 4.78 is 5.99. The van der Waals surface area contributed by atoms with Crippen LogP contribution in [0.25, 0.3) is 0 Å². The Morgan fingerprint density at radius 1 is 1.24 bits per heavy atom. The third kappa shape index (κ3) is 11.0. The molecule has 0 atom stereocenters. The molecule has 0 aliphatic heterocycles. The lowest BCUT2D eigenvalue weighted by Crippen LogP contribution is -2.33. The van der Waals surface area contributed by atoms with E-state index in [9.17, 15) is 4.79 Å². The molecule has 0 radical (unpaired) electrons. The van der Waals surface area contributed by atoms with E-state index in [1.54, 1.807) is 18.9 Å². The molecule has 0 saturated heterocycles. The molecule has 0 saturated carbocycles. The average Bonchev–Trinajstić information content (AvgIpc) is 2.45. The van der Waals surface area contributed by atoms with E-state index < -0.39 is 0 Å². The highest BCUT2D eigenvalue weighted by atomic mass is 79.9. The van der Waals surface area contributed by atoms with Crippen LogP contribution in [0.15, 0.2) is 33.6 Å². The Hall–Kier alpha value is -0.270. The van der Waals surface area contributed by atoms with Crippen molar-refractivity contribution in [3.8, 4) is 0 Å². The Bertz CT molecular complexity index is 393. The molecule has 1 aromatic carbocycles. The van der Waals surface area contributed by atoms with Gasteiger partial charge in [0.05, 0.1) is 6.61 Å². The highest BCUT2D eigenvalue weighted by molar-refractivity contribution is 9.10. The van der Waals surface area contributed by atoms with Gasteiger partial charge in [-0.1, -0.05) is 15.9 Å². The van der Waals surface area contributed by atoms with Crippen molar-refractivity contribution in [3.05, 3.63) is 28.7 Å². The molecule has 1 aromatic rings. The first-order valence-corrected chi connectivity index (χ1v) is 8.35. The van der Waals surface area contributed by atoms with Gasteiger partial charge in [0, 0.05) is 48.3 Å². The van der Waals surface area contributed by atoms with Crippen LogP contribution in [0.4, 0.5) is 0 Å². The van der Waals surface area contributed by atoms with Gasteiger partial charge in [0.25, 0.3) is 0 Å². The summed E-state index contributed by atoms with van der Waals surface area (Å²) in [7, 11) is 1.67. The number of methoxy groups -OCH3 is 1. The largest absolute Gasteiger partial charge is 0.383 e. The molecule has 0 bridgehead atoms. The van der Waals surface area contributed by atoms with Crippen LogP contribution < -0.4 is 10.6 Å². The zero-order chi connectivity index (χ0) is 14.6. The van der Waals surface area contributed by atoms with Crippen molar-refractivity contribution < 1.29 is 9.53 Å². The van der Waals surface area contributed by atoms with Crippen LogP contribution in [0.1, 0.15) is 6.42 Å². The van der Waals surface area contributed by atoms with E-state index in [2.05, 4.69) is 26.6 Å². The topological polar surface area (TPSA) is 50.4 Å². The second kappa shape index (κ2) is 13.4. The molecule has 4 nitrogen and oxygen atoms in total. The Balaban J connectivity index is 0.00000400. The lowest BCUT2D eigenvalue weighted by molar-refractivity contribution is -0.120. The normalized spacial score (nSPS) is 10.0. The summed E-state index contributed by atoms with van der Waals surface area (Å²) in [5, 5.41) is 6.07. The van der Waals surface area contributed by atoms with E-state index >= 15 is 0 Å². The minimum Gasteiger partial charge on any atom is -0.383 e. The molecule has 7 heteroatoms. The van der Waals surface area contributed by atoms with E-state index in [0.717, 1.165) is 23.3 Å². The third-order valence-corrected chi connectivity index (χ3v) is 4.06. The summed E-state index contributed by atoms with van der Waals surface area (Å²) in [5.41, 5.74) is 0. The quantitative estimate of drug-likeness (QED) is 0.471. The zero-order valence-electron chi connectivity index (χ0n) is 12.1. The first-order valence-electron chi connectivity index (χ1n) is 6.57. The van der Waals surface area contributed by atoms with Crippen molar-refractivity contribution in [1.82, 2.24) is 10.6 Å². The van der Waals surface area contributed by atoms with E-state index in [0.29, 0.717) is 19.6 Å². The lowest BCUT2D eigenvalue weighted by Gasteiger charge is -2.06. The number of hydrogen-bond acceptors (Lipinski definition) is 4. The van der Waals surface area contributed by atoms with Crippen LogP contribution in [0.5, 0.6) is 0 Å². The second-order valence-electron chi connectivity index (χ2n) is 4.15. The summed E-state index contributed by atoms with van der Waals surface area (Å²) in [6.45, 7) is 2.93. The van der Waals surface area contributed by atoms with Crippen molar-refractivity contribution in [3.63, 3.8) is 0 Å². The minimum absolute atomic E-state index is 0. The number of nitrogens with one attached hydrogen (secondary N) is 2. The number of benzene rings is 1. The number of thioether (sulfide) groups is 1. The molecule has 1 amide bonds. The molecule has 0 spiro atoms. The van der Waals surface area contributed by atoms with E-state index in [1.807, 2.05) is 24.3 Å². The fraction of sp³-hybridized carbons (Fsp3) is 0.500. The molecule has 0 fully saturated rings. The van der Waals surface area contributed by atoms with Gasteiger partial charge in [0.1, 0.15) is 0 Å². The van der Waals surface area contributed by atoms with E-state index in [1.165, 1.54) is 4.90 Å². The highest BCUT2D eigenvalue weighted by Gasteiger charge is 2.01. The van der Waals surface area contributed by atoms with Gasteiger partial charge in [0.15, 0.2) is 0 Å². The molecular formula is C14H22BrClN2O2S. The van der Waals surface area contributed by atoms with Gasteiger partial charge in [-0.2, -0.15) is 0 Å². The van der Waals surface area contributed by atoms with Gasteiger partial charge in [0.2, 0.25) is 5.91 Å². The number of halogens is 2. The van der Waals surface area contributed by atoms with Crippen LogP contribution in [0.3, 0.4) is 0 Å². The minimum atomic E-state index is 0. The molecule has 0 aliphatic rings. The highest BCUT2D eigenvalue weighted by Crippen LogP contribution is 2.20. The van der Waals surface area contributed by atoms with Crippen LogP contribution >= 0.6 is 40.1 Å². The number of carbonyl (C=O) groups is 1. The van der Waals surface area contributed by atoms with Crippen LogP contribution in [-0.4, -0.2) is 45.0 Å². The zero-order valence-corrected chi connectivity index (χ0v) is 15.3. The van der Waals surface area contributed by atoms with E-state index in [-0.39, 0.29) is 18.3 Å². The third-order valence-electron chi connectivity index (χ3n) is 2.52. The van der Waals surface area contributed by atoms with E-state index in [4.69, 9.17) is 4.74 Å². The standard InChI is InChI=1S/C14H21BrN2O2S.ClH/c1-19-10-9-16-7-8-17-14(18)6-11-20-13-4-2-12(15)3-5-13;/h2-5,16H,6-11H2,1H3,(H,17,18);1H. The molecule has 1 rings (SSSR count). The Labute approximate surface area is 145 Å². The molecule has 2 N–H and O–H groups in total. The van der Waals surface area contributed by atoms with Crippen LogP contribution in [0, 0.1) is 0 Å². The number of ether oxygens (including phenoxy) is 1. The first-order chi connectivity index (χ1) is 9.72. The van der Waals surface area contributed by atoms with Crippen molar-refractivity contribution in [2.45, 2.75) is 11.3 Å². The van der Waals surface area contributed by atoms with Gasteiger partial charge >= 0.3 is 0 Å². The fourth-order valence-corrected chi connectivity index (χ4v) is 2.59. The molecule has 120 valence electrons. The molecule has 21 heavy (non-hydrogen) atoms. The SMILES string of the molecule is COCCNCCNC(=O)CCSc1ccc(Br)cc1.Cl. The number of hydrogen-bond donors (Lipinski definition) is 2. The molecule has 0 aliphatic carbocycles. The van der Waals surface area contributed by atoms with Gasteiger partial charge in [-0.3, -0.25) is 4.79 Å². The number of carbonyl (C=O) groups excluding carboxylic acids is 1. The molecule has 0 heterocycles. The summed E-state index contributed by atoms with van der Waals surface area (Å²) >= 11 is 5.09. The van der Waals surface area contributed by atoms with Gasteiger partial charge in [-0.15, -0.1) is 24.2 Å². The fourth-order valence-electron chi connectivity index (χ4n) is 1.47. The average molecular weight is 398 g/mol. The number of rotatable bonds is 10. The summed E-state index contributed by atoms with van der Waals surface area (Å²) in [6.07, 6.45) is 0.540. The summed E-state index contributed by atoms with van der Waals surface area (Å²) in [5.74, 6) is 0.896. The van der Waals surface area contributed by atoms with Crippen molar-refractivity contribution >= 4 is 46.0 Å². The first kappa shape index (κ1) is 20.7. The summed E-state index contributed by atoms with van der Waals surface area (Å²) in [6, 6.07) is 8.11. The Morgan fingerprint density at radius 2 is 1.95 bits per heavy atom. The predicted molar refractivity (Wildman–Crippen MR) is 94.5 cm³/mol. The van der Waals surface area contributed by atoms with Crippen molar-refractivity contribution in [2.75, 3.05) is 39.1 Å². The number of amides is 1. The maximum atomic E-state index is 11.6. The van der Waals surface area contributed by atoms with Gasteiger partial charge in [-0.05, 0) is 24.3 Å². The van der Waals surface area contributed by atoms with Gasteiger partial charge in [-0.25, -0.2) is 0 Å². The second-order valence-corrected chi connectivity index (χ2v) is 6.23. The Morgan fingerprint density at radius 3 is 2.62 bits per heavy atom. The lowest BCUT2D eigenvalue weighted by atomic mass is 10.4.